The van der Waals surface area contributed by atoms with E-state index in [0.29, 0.717) is 6.42 Å². The maximum Gasteiger partial charge on any atom is 0.325 e. The highest BCUT2D eigenvalue weighted by Gasteiger charge is 2.10. The van der Waals surface area contributed by atoms with Crippen molar-refractivity contribution in [1.82, 2.24) is 0 Å². The Morgan fingerprint density at radius 1 is 0.700 bits per heavy atom. The molecule has 0 saturated heterocycles. The van der Waals surface area contributed by atoms with Gasteiger partial charge < -0.3 is 14.9 Å². The van der Waals surface area contributed by atoms with Gasteiger partial charge in [0, 0.05) is 12.6 Å². The Labute approximate surface area is 121 Å². The lowest BCUT2D eigenvalue weighted by atomic mass is 10.1. The minimum Gasteiger partial charge on any atom is -0.481 e. The second-order valence-corrected chi connectivity index (χ2v) is 7.20. The Hall–Kier alpha value is -0.380. The fraction of sp³-hybridized carbons (Fsp3) is 0.929. The fourth-order valence-electron chi connectivity index (χ4n) is 2.18. The molecular formula is C14H29O5P. The van der Waals surface area contributed by atoms with E-state index in [4.69, 9.17) is 14.9 Å². The lowest BCUT2D eigenvalue weighted by molar-refractivity contribution is -0.137. The van der Waals surface area contributed by atoms with Crippen LogP contribution in [0, 0.1) is 0 Å². The van der Waals surface area contributed by atoms with Crippen molar-refractivity contribution in [3.05, 3.63) is 0 Å². The topological polar surface area (TPSA) is 94.8 Å². The zero-order chi connectivity index (χ0) is 15.3. The van der Waals surface area contributed by atoms with Gasteiger partial charge >= 0.3 is 13.6 Å². The molecule has 0 aromatic rings. The van der Waals surface area contributed by atoms with Crippen molar-refractivity contribution in [3.63, 3.8) is 0 Å². The van der Waals surface area contributed by atoms with Gasteiger partial charge in [0.25, 0.3) is 0 Å². The van der Waals surface area contributed by atoms with E-state index in [1.807, 2.05) is 0 Å². The highest BCUT2D eigenvalue weighted by Crippen LogP contribution is 2.35. The second kappa shape index (κ2) is 12.4. The van der Waals surface area contributed by atoms with Crippen LogP contribution in [0.25, 0.3) is 0 Å². The minimum absolute atomic E-state index is 0.0172. The number of carboxylic acid groups (broad SMARTS) is 1. The molecule has 20 heavy (non-hydrogen) atoms. The number of aliphatic carboxylic acids is 1. The maximum atomic E-state index is 10.6. The largest absolute Gasteiger partial charge is 0.481 e. The van der Waals surface area contributed by atoms with E-state index >= 15 is 0 Å². The zero-order valence-corrected chi connectivity index (χ0v) is 13.2. The zero-order valence-electron chi connectivity index (χ0n) is 12.3. The van der Waals surface area contributed by atoms with Gasteiger partial charge in [0.2, 0.25) is 0 Å². The van der Waals surface area contributed by atoms with Crippen LogP contribution in [0.1, 0.15) is 77.0 Å². The first-order valence-corrected chi connectivity index (χ1v) is 9.48. The Balaban J connectivity index is 3.06. The molecule has 0 bridgehead atoms. The van der Waals surface area contributed by atoms with Crippen LogP contribution >= 0.6 is 7.60 Å². The van der Waals surface area contributed by atoms with Crippen molar-refractivity contribution in [1.29, 1.82) is 0 Å². The first-order valence-electron chi connectivity index (χ1n) is 7.68. The van der Waals surface area contributed by atoms with Crippen molar-refractivity contribution in [2.45, 2.75) is 77.0 Å². The molecule has 120 valence electrons. The van der Waals surface area contributed by atoms with Crippen LogP contribution in [0.2, 0.25) is 0 Å². The third-order valence-electron chi connectivity index (χ3n) is 3.34. The van der Waals surface area contributed by atoms with Crippen molar-refractivity contribution >= 4 is 13.6 Å². The van der Waals surface area contributed by atoms with Gasteiger partial charge in [-0.2, -0.15) is 0 Å². The maximum absolute atomic E-state index is 10.6. The highest BCUT2D eigenvalue weighted by atomic mass is 31.2. The molecule has 0 atom stereocenters. The van der Waals surface area contributed by atoms with Crippen LogP contribution in [-0.2, 0) is 9.36 Å². The fourth-order valence-corrected chi connectivity index (χ4v) is 2.82. The molecule has 0 unspecified atom stereocenters. The third kappa shape index (κ3) is 17.6. The molecule has 0 aliphatic heterocycles. The SMILES string of the molecule is O=C(O)CCCCCCCCCCCCCP(=O)(O)O. The first-order chi connectivity index (χ1) is 9.42. The summed E-state index contributed by atoms with van der Waals surface area (Å²) in [5.41, 5.74) is 0. The minimum atomic E-state index is -3.79. The van der Waals surface area contributed by atoms with Gasteiger partial charge in [-0.05, 0) is 12.8 Å². The Bertz CT molecular complexity index is 287. The summed E-state index contributed by atoms with van der Waals surface area (Å²) >= 11 is 0. The van der Waals surface area contributed by atoms with Crippen molar-refractivity contribution < 1.29 is 24.3 Å². The summed E-state index contributed by atoms with van der Waals surface area (Å²) in [6, 6.07) is 0. The lowest BCUT2D eigenvalue weighted by Gasteiger charge is -2.04. The smallest absolute Gasteiger partial charge is 0.325 e. The van der Waals surface area contributed by atoms with Gasteiger partial charge in [-0.15, -0.1) is 0 Å². The van der Waals surface area contributed by atoms with Gasteiger partial charge in [0.05, 0.1) is 0 Å². The van der Waals surface area contributed by atoms with Gasteiger partial charge in [-0.1, -0.05) is 57.8 Å². The Morgan fingerprint density at radius 3 is 1.40 bits per heavy atom. The summed E-state index contributed by atoms with van der Waals surface area (Å²) in [4.78, 5) is 27.7. The van der Waals surface area contributed by atoms with Gasteiger partial charge in [-0.25, -0.2) is 0 Å². The van der Waals surface area contributed by atoms with Crippen LogP contribution < -0.4 is 0 Å². The monoisotopic (exact) mass is 308 g/mol. The molecule has 0 aromatic carbocycles. The molecule has 0 spiro atoms. The normalized spacial score (nSPS) is 11.7. The molecule has 0 rings (SSSR count). The van der Waals surface area contributed by atoms with Gasteiger partial charge in [0.1, 0.15) is 0 Å². The van der Waals surface area contributed by atoms with E-state index in [9.17, 15) is 9.36 Å². The lowest BCUT2D eigenvalue weighted by Crippen LogP contribution is -1.93. The van der Waals surface area contributed by atoms with E-state index < -0.39 is 13.6 Å². The molecular weight excluding hydrogens is 279 g/mol. The molecule has 0 saturated carbocycles. The van der Waals surface area contributed by atoms with E-state index in [2.05, 4.69) is 0 Å². The summed E-state index contributed by atoms with van der Waals surface area (Å²) in [5, 5.41) is 8.48. The highest BCUT2D eigenvalue weighted by molar-refractivity contribution is 7.51. The van der Waals surface area contributed by atoms with Crippen molar-refractivity contribution in [3.8, 4) is 0 Å². The third-order valence-corrected chi connectivity index (χ3v) is 4.24. The summed E-state index contributed by atoms with van der Waals surface area (Å²) in [5.74, 6) is -0.705. The summed E-state index contributed by atoms with van der Waals surface area (Å²) in [6.07, 6.45) is 11.7. The van der Waals surface area contributed by atoms with Crippen molar-refractivity contribution in [2.24, 2.45) is 0 Å². The first kappa shape index (κ1) is 19.6. The molecule has 6 heteroatoms. The quantitative estimate of drug-likeness (QED) is 0.334. The number of carboxylic acids is 1. The molecule has 5 nitrogen and oxygen atoms in total. The van der Waals surface area contributed by atoms with E-state index in [1.54, 1.807) is 0 Å². The molecule has 0 fully saturated rings. The number of unbranched alkanes of at least 4 members (excludes halogenated alkanes) is 10. The van der Waals surface area contributed by atoms with Crippen LogP contribution in [0.15, 0.2) is 0 Å². The second-order valence-electron chi connectivity index (χ2n) is 5.42. The van der Waals surface area contributed by atoms with E-state index in [1.165, 1.54) is 25.7 Å². The predicted octanol–water partition coefficient (Wildman–Crippen LogP) is 3.93. The van der Waals surface area contributed by atoms with E-state index in [0.717, 1.165) is 38.5 Å². The predicted molar refractivity (Wildman–Crippen MR) is 80.0 cm³/mol. The summed E-state index contributed by atoms with van der Waals surface area (Å²) in [7, 11) is -3.79. The number of rotatable bonds is 14. The Morgan fingerprint density at radius 2 is 1.05 bits per heavy atom. The average Bonchev–Trinajstić information content (AvgIpc) is 2.33. The number of carbonyl (C=O) groups is 1. The Kier molecular flexibility index (Phi) is 12.1. The van der Waals surface area contributed by atoms with Gasteiger partial charge in [0.15, 0.2) is 0 Å². The van der Waals surface area contributed by atoms with Crippen molar-refractivity contribution in [2.75, 3.05) is 6.16 Å². The molecule has 0 aliphatic carbocycles. The number of hydrogen-bond acceptors (Lipinski definition) is 2. The molecule has 0 aromatic heterocycles. The molecule has 0 aliphatic rings. The summed E-state index contributed by atoms with van der Waals surface area (Å²) in [6.45, 7) is 0. The summed E-state index contributed by atoms with van der Waals surface area (Å²) < 4.78 is 10.6. The molecule has 0 heterocycles. The van der Waals surface area contributed by atoms with Crippen LogP contribution in [0.3, 0.4) is 0 Å². The van der Waals surface area contributed by atoms with Gasteiger partial charge in [-0.3, -0.25) is 9.36 Å². The number of hydrogen-bond donors (Lipinski definition) is 3. The standard InChI is InChI=1S/C14H29O5P/c15-14(16)12-10-8-6-4-2-1-3-5-7-9-11-13-20(17,18)19/h1-13H2,(H,15,16)(H2,17,18,19). The van der Waals surface area contributed by atoms with Crippen LogP contribution in [0.5, 0.6) is 0 Å². The molecule has 3 N–H and O–H groups in total. The average molecular weight is 308 g/mol. The van der Waals surface area contributed by atoms with E-state index in [-0.39, 0.29) is 12.6 Å². The molecule has 0 radical (unpaired) electrons. The van der Waals surface area contributed by atoms with Crippen LogP contribution in [0.4, 0.5) is 0 Å². The van der Waals surface area contributed by atoms with Crippen LogP contribution in [-0.4, -0.2) is 27.0 Å². The molecule has 0 amide bonds.